The lowest BCUT2D eigenvalue weighted by Crippen LogP contribution is -2.39. The van der Waals surface area contributed by atoms with E-state index in [-0.39, 0.29) is 17.3 Å². The highest BCUT2D eigenvalue weighted by molar-refractivity contribution is 5.02. The molecule has 1 aromatic rings. The number of hydrogen-bond donors (Lipinski definition) is 1. The summed E-state index contributed by atoms with van der Waals surface area (Å²) in [6.07, 6.45) is 1.76. The Bertz CT molecular complexity index is 499. The molecule has 0 saturated heterocycles. The van der Waals surface area contributed by atoms with Crippen LogP contribution in [0.5, 0.6) is 0 Å². The second-order valence-corrected chi connectivity index (χ2v) is 3.78. The van der Waals surface area contributed by atoms with Crippen LogP contribution in [0.3, 0.4) is 0 Å². The highest BCUT2D eigenvalue weighted by Crippen LogP contribution is 1.92. The molecule has 1 atom stereocenters. The summed E-state index contributed by atoms with van der Waals surface area (Å²) in [7, 11) is 3.12. The van der Waals surface area contributed by atoms with Crippen molar-refractivity contribution in [3.63, 3.8) is 0 Å². The Morgan fingerprint density at radius 2 is 2.06 bits per heavy atom. The van der Waals surface area contributed by atoms with Crippen molar-refractivity contribution in [3.05, 3.63) is 45.3 Å². The van der Waals surface area contributed by atoms with Crippen LogP contribution in [0.15, 0.2) is 28.3 Å². The smallest absolute Gasteiger partial charge is 0.305 e. The van der Waals surface area contributed by atoms with E-state index >= 15 is 0 Å². The van der Waals surface area contributed by atoms with E-state index in [9.17, 15) is 9.59 Å². The Balaban J connectivity index is 3.03. The van der Waals surface area contributed by atoms with Crippen LogP contribution in [0.4, 0.5) is 0 Å². The zero-order valence-electron chi connectivity index (χ0n) is 9.86. The number of hydrogen-bond acceptors (Lipinski definition) is 3. The molecular weight excluding hydrogens is 206 g/mol. The summed E-state index contributed by atoms with van der Waals surface area (Å²) in [6, 6.07) is 1.60. The highest BCUT2D eigenvalue weighted by atomic mass is 16.2. The van der Waals surface area contributed by atoms with Gasteiger partial charge in [0.05, 0.1) is 0 Å². The average Bonchev–Trinajstić information content (AvgIpc) is 2.28. The third-order valence-electron chi connectivity index (χ3n) is 2.58. The molecule has 1 unspecified atom stereocenters. The van der Waals surface area contributed by atoms with Gasteiger partial charge in [-0.25, -0.2) is 4.79 Å². The minimum atomic E-state index is -0.310. The number of rotatable bonds is 4. The van der Waals surface area contributed by atoms with Crippen molar-refractivity contribution >= 4 is 0 Å². The summed E-state index contributed by atoms with van der Waals surface area (Å²) in [5, 5.41) is 3.14. The van der Waals surface area contributed by atoms with Gasteiger partial charge in [-0.1, -0.05) is 6.08 Å². The summed E-state index contributed by atoms with van der Waals surface area (Å²) in [5.41, 5.74) is 0.0727. The van der Waals surface area contributed by atoms with Gasteiger partial charge in [-0.2, -0.15) is 0 Å². The summed E-state index contributed by atoms with van der Waals surface area (Å²) in [6.45, 7) is 6.07. The van der Waals surface area contributed by atoms with Crippen LogP contribution in [-0.2, 0) is 20.6 Å². The van der Waals surface area contributed by atoms with Gasteiger partial charge in [0.2, 0.25) is 0 Å². The van der Waals surface area contributed by atoms with E-state index in [1.807, 2.05) is 6.92 Å². The van der Waals surface area contributed by atoms with Gasteiger partial charge in [0.1, 0.15) is 0 Å². The molecule has 0 aromatic carbocycles. The van der Waals surface area contributed by atoms with Gasteiger partial charge in [-0.05, 0) is 6.92 Å². The van der Waals surface area contributed by atoms with E-state index < -0.39 is 0 Å². The predicted octanol–water partition coefficient (Wildman–Crippen LogP) is -0.252. The normalized spacial score (nSPS) is 12.4. The van der Waals surface area contributed by atoms with Crippen molar-refractivity contribution in [1.82, 2.24) is 14.5 Å². The van der Waals surface area contributed by atoms with Crippen LogP contribution in [0.2, 0.25) is 0 Å². The van der Waals surface area contributed by atoms with Gasteiger partial charge in [0.25, 0.3) is 5.56 Å². The van der Waals surface area contributed by atoms with Crippen LogP contribution in [0, 0.1) is 0 Å². The Morgan fingerprint density at radius 1 is 1.44 bits per heavy atom. The van der Waals surface area contributed by atoms with E-state index in [1.165, 1.54) is 17.7 Å². The highest BCUT2D eigenvalue weighted by Gasteiger charge is 2.05. The molecule has 0 aliphatic carbocycles. The molecule has 1 heterocycles. The zero-order chi connectivity index (χ0) is 12.3. The molecule has 0 radical (unpaired) electrons. The first-order chi connectivity index (χ1) is 7.47. The SMILES string of the molecule is C=CC(C)NCc1cc(=O)n(C)c(=O)n1C. The first kappa shape index (κ1) is 12.4. The lowest BCUT2D eigenvalue weighted by atomic mass is 10.3. The largest absolute Gasteiger partial charge is 0.330 e. The molecule has 1 aromatic heterocycles. The fraction of sp³-hybridized carbons (Fsp3) is 0.455. The lowest BCUT2D eigenvalue weighted by molar-refractivity contribution is 0.576. The van der Waals surface area contributed by atoms with Gasteiger partial charge in [0, 0.05) is 38.4 Å². The Kier molecular flexibility index (Phi) is 3.84. The molecule has 1 rings (SSSR count). The van der Waals surface area contributed by atoms with Gasteiger partial charge in [0.15, 0.2) is 0 Å². The molecule has 88 valence electrons. The maximum Gasteiger partial charge on any atom is 0.330 e. The number of nitrogens with one attached hydrogen (secondary N) is 1. The molecule has 5 heteroatoms. The first-order valence-electron chi connectivity index (χ1n) is 5.09. The molecule has 0 amide bonds. The van der Waals surface area contributed by atoms with Crippen molar-refractivity contribution < 1.29 is 0 Å². The summed E-state index contributed by atoms with van der Waals surface area (Å²) in [4.78, 5) is 23.0. The second kappa shape index (κ2) is 4.94. The minimum Gasteiger partial charge on any atom is -0.305 e. The van der Waals surface area contributed by atoms with Crippen molar-refractivity contribution in [2.24, 2.45) is 14.1 Å². The van der Waals surface area contributed by atoms with Gasteiger partial charge in [-0.3, -0.25) is 13.9 Å². The lowest BCUT2D eigenvalue weighted by Gasteiger charge is -2.12. The molecule has 1 N–H and O–H groups in total. The molecule has 0 aliphatic rings. The molecule has 0 spiro atoms. The fourth-order valence-electron chi connectivity index (χ4n) is 1.30. The summed E-state index contributed by atoms with van der Waals surface area (Å²) in [5.74, 6) is 0. The maximum atomic E-state index is 11.6. The molecule has 5 nitrogen and oxygen atoms in total. The summed E-state index contributed by atoms with van der Waals surface area (Å²) < 4.78 is 2.55. The molecule has 16 heavy (non-hydrogen) atoms. The van der Waals surface area contributed by atoms with Crippen LogP contribution in [0.1, 0.15) is 12.6 Å². The standard InChI is InChI=1S/C11H17N3O2/c1-5-8(2)12-7-9-6-10(15)14(4)11(16)13(9)3/h5-6,8,12H,1,7H2,2-4H3. The Morgan fingerprint density at radius 3 is 2.62 bits per heavy atom. The van der Waals surface area contributed by atoms with Crippen LogP contribution in [0.25, 0.3) is 0 Å². The molecule has 0 aliphatic heterocycles. The monoisotopic (exact) mass is 223 g/mol. The van der Waals surface area contributed by atoms with Crippen molar-refractivity contribution in [2.45, 2.75) is 19.5 Å². The van der Waals surface area contributed by atoms with E-state index in [0.29, 0.717) is 12.2 Å². The molecule has 0 fully saturated rings. The van der Waals surface area contributed by atoms with Crippen molar-refractivity contribution in [3.8, 4) is 0 Å². The predicted molar refractivity (Wildman–Crippen MR) is 63.4 cm³/mol. The fourth-order valence-corrected chi connectivity index (χ4v) is 1.30. The van der Waals surface area contributed by atoms with Gasteiger partial charge in [-0.15, -0.1) is 6.58 Å². The zero-order valence-corrected chi connectivity index (χ0v) is 9.86. The van der Waals surface area contributed by atoms with Crippen LogP contribution >= 0.6 is 0 Å². The molecular formula is C11H17N3O2. The molecule has 0 bridgehead atoms. The van der Waals surface area contributed by atoms with Crippen LogP contribution in [-0.4, -0.2) is 15.2 Å². The third-order valence-corrected chi connectivity index (χ3v) is 2.58. The third kappa shape index (κ3) is 2.49. The van der Waals surface area contributed by atoms with Gasteiger partial charge >= 0.3 is 5.69 Å². The minimum absolute atomic E-state index is 0.138. The van der Waals surface area contributed by atoms with Gasteiger partial charge < -0.3 is 5.32 Å². The van der Waals surface area contributed by atoms with Crippen molar-refractivity contribution in [2.75, 3.05) is 0 Å². The average molecular weight is 223 g/mol. The van der Waals surface area contributed by atoms with E-state index in [4.69, 9.17) is 0 Å². The second-order valence-electron chi connectivity index (χ2n) is 3.78. The topological polar surface area (TPSA) is 56.0 Å². The van der Waals surface area contributed by atoms with E-state index in [2.05, 4.69) is 11.9 Å². The summed E-state index contributed by atoms with van der Waals surface area (Å²) >= 11 is 0. The van der Waals surface area contributed by atoms with Crippen LogP contribution < -0.4 is 16.6 Å². The maximum absolute atomic E-state index is 11.6. The number of nitrogens with zero attached hydrogens (tertiary/aromatic N) is 2. The first-order valence-corrected chi connectivity index (χ1v) is 5.09. The van der Waals surface area contributed by atoms with E-state index in [0.717, 1.165) is 4.57 Å². The molecule has 0 saturated carbocycles. The Hall–Kier alpha value is -1.62. The van der Waals surface area contributed by atoms with Crippen molar-refractivity contribution in [1.29, 1.82) is 0 Å². The Labute approximate surface area is 94.0 Å². The number of aromatic nitrogens is 2. The van der Waals surface area contributed by atoms with E-state index in [1.54, 1.807) is 13.1 Å². The quantitative estimate of drug-likeness (QED) is 0.716.